The molecule has 0 radical (unpaired) electrons. The predicted octanol–water partition coefficient (Wildman–Crippen LogP) is 4.01. The van der Waals surface area contributed by atoms with E-state index < -0.39 is 6.04 Å². The summed E-state index contributed by atoms with van der Waals surface area (Å²) in [5, 5.41) is 2.94. The maximum absolute atomic E-state index is 13.2. The molecule has 150 valence electrons. The quantitative estimate of drug-likeness (QED) is 0.748. The van der Waals surface area contributed by atoms with E-state index in [9.17, 15) is 14.0 Å². The Balaban J connectivity index is 2.20. The average molecular weight is 384 g/mol. The molecule has 0 aromatic heterocycles. The zero-order valence-electron chi connectivity index (χ0n) is 17.0. The molecule has 28 heavy (non-hydrogen) atoms. The summed E-state index contributed by atoms with van der Waals surface area (Å²) in [7, 11) is 0. The molecule has 0 aliphatic rings. The Hall–Kier alpha value is -2.69. The monoisotopic (exact) mass is 384 g/mol. The lowest BCUT2D eigenvalue weighted by Crippen LogP contribution is -2.49. The molecule has 0 fully saturated rings. The predicted molar refractivity (Wildman–Crippen MR) is 109 cm³/mol. The Bertz CT molecular complexity index is 787. The molecule has 2 aromatic carbocycles. The van der Waals surface area contributed by atoms with Gasteiger partial charge in [0.05, 0.1) is 6.42 Å². The fourth-order valence-electron chi connectivity index (χ4n) is 2.82. The van der Waals surface area contributed by atoms with Crippen molar-refractivity contribution in [3.63, 3.8) is 0 Å². The number of nitrogens with zero attached hydrogens (tertiary/aromatic N) is 1. The van der Waals surface area contributed by atoms with Gasteiger partial charge in [0.15, 0.2) is 0 Å². The largest absolute Gasteiger partial charge is 0.352 e. The van der Waals surface area contributed by atoms with Crippen molar-refractivity contribution in [2.24, 2.45) is 0 Å². The Morgan fingerprint density at radius 2 is 1.57 bits per heavy atom. The summed E-state index contributed by atoms with van der Waals surface area (Å²) in [5.74, 6) is -0.655. The number of aryl methyl sites for hydroxylation is 1. The molecule has 0 saturated carbocycles. The number of carbonyl (C=O) groups is 2. The minimum Gasteiger partial charge on any atom is -0.352 e. The van der Waals surface area contributed by atoms with Gasteiger partial charge < -0.3 is 10.2 Å². The Kier molecular flexibility index (Phi) is 7.73. The fraction of sp³-hybridized carbons (Fsp3) is 0.391. The van der Waals surface area contributed by atoms with Gasteiger partial charge >= 0.3 is 0 Å². The van der Waals surface area contributed by atoms with Crippen molar-refractivity contribution in [2.75, 3.05) is 0 Å². The van der Waals surface area contributed by atoms with E-state index >= 15 is 0 Å². The van der Waals surface area contributed by atoms with E-state index in [0.29, 0.717) is 0 Å². The first-order valence-electron chi connectivity index (χ1n) is 9.70. The summed E-state index contributed by atoms with van der Waals surface area (Å²) in [6, 6.07) is 13.2. The van der Waals surface area contributed by atoms with Crippen LogP contribution in [0.2, 0.25) is 0 Å². The van der Waals surface area contributed by atoms with E-state index in [2.05, 4.69) is 5.32 Å². The molecular weight excluding hydrogens is 355 g/mol. The summed E-state index contributed by atoms with van der Waals surface area (Å²) in [6.45, 7) is 7.90. The first kappa shape index (κ1) is 21.6. The summed E-state index contributed by atoms with van der Waals surface area (Å²) >= 11 is 0. The highest BCUT2D eigenvalue weighted by atomic mass is 19.1. The molecule has 4 nitrogen and oxygen atoms in total. The first-order chi connectivity index (χ1) is 13.3. The highest BCUT2D eigenvalue weighted by molar-refractivity contribution is 5.88. The van der Waals surface area contributed by atoms with Gasteiger partial charge in [-0.2, -0.15) is 0 Å². The molecule has 1 N–H and O–H groups in total. The van der Waals surface area contributed by atoms with Crippen LogP contribution in [0.25, 0.3) is 0 Å². The second kappa shape index (κ2) is 10.0. The van der Waals surface area contributed by atoms with E-state index in [1.165, 1.54) is 12.1 Å². The topological polar surface area (TPSA) is 49.4 Å². The molecule has 0 aliphatic carbocycles. The van der Waals surface area contributed by atoms with Gasteiger partial charge in [0, 0.05) is 12.6 Å². The van der Waals surface area contributed by atoms with Crippen molar-refractivity contribution in [1.29, 1.82) is 0 Å². The molecule has 0 spiro atoms. The van der Waals surface area contributed by atoms with Gasteiger partial charge in [0.2, 0.25) is 11.8 Å². The van der Waals surface area contributed by atoms with Crippen LogP contribution >= 0.6 is 0 Å². The molecule has 2 unspecified atom stereocenters. The smallest absolute Gasteiger partial charge is 0.242 e. The fourth-order valence-corrected chi connectivity index (χ4v) is 2.82. The number of halogens is 1. The number of benzene rings is 2. The van der Waals surface area contributed by atoms with Crippen LogP contribution in [-0.4, -0.2) is 28.8 Å². The van der Waals surface area contributed by atoms with Crippen molar-refractivity contribution < 1.29 is 14.0 Å². The third-order valence-electron chi connectivity index (χ3n) is 4.91. The molecule has 2 atom stereocenters. The molecule has 0 aliphatic heterocycles. The molecule has 5 heteroatoms. The second-order valence-corrected chi connectivity index (χ2v) is 7.30. The zero-order valence-corrected chi connectivity index (χ0v) is 17.0. The lowest BCUT2D eigenvalue weighted by Gasteiger charge is -2.30. The summed E-state index contributed by atoms with van der Waals surface area (Å²) in [4.78, 5) is 27.2. The normalized spacial score (nSPS) is 12.9. The molecule has 0 saturated heterocycles. The second-order valence-electron chi connectivity index (χ2n) is 7.30. The molecule has 0 heterocycles. The van der Waals surface area contributed by atoms with E-state index in [-0.39, 0.29) is 36.6 Å². The Morgan fingerprint density at radius 3 is 2.14 bits per heavy atom. The molecular formula is C23H29FN2O2. The van der Waals surface area contributed by atoms with Crippen molar-refractivity contribution in [3.8, 4) is 0 Å². The summed E-state index contributed by atoms with van der Waals surface area (Å²) in [5.41, 5.74) is 2.80. The highest BCUT2D eigenvalue weighted by Gasteiger charge is 2.26. The van der Waals surface area contributed by atoms with Crippen molar-refractivity contribution >= 4 is 11.8 Å². The van der Waals surface area contributed by atoms with Gasteiger partial charge in [0.1, 0.15) is 11.9 Å². The van der Waals surface area contributed by atoms with Crippen LogP contribution < -0.4 is 5.32 Å². The number of hydrogen-bond donors (Lipinski definition) is 1. The third-order valence-corrected chi connectivity index (χ3v) is 4.91. The molecule has 0 bridgehead atoms. The van der Waals surface area contributed by atoms with Gasteiger partial charge in [-0.05, 0) is 50.5 Å². The number of rotatable bonds is 8. The lowest BCUT2D eigenvalue weighted by atomic mass is 10.1. The maximum atomic E-state index is 13.2. The minimum atomic E-state index is -0.628. The molecule has 2 rings (SSSR count). The molecule has 2 aromatic rings. The van der Waals surface area contributed by atoms with E-state index in [1.807, 2.05) is 45.0 Å². The van der Waals surface area contributed by atoms with Crippen LogP contribution in [-0.2, 0) is 22.6 Å². The van der Waals surface area contributed by atoms with Gasteiger partial charge in [-0.15, -0.1) is 0 Å². The Morgan fingerprint density at radius 1 is 1.00 bits per heavy atom. The zero-order chi connectivity index (χ0) is 20.7. The number of nitrogens with one attached hydrogen (secondary N) is 1. The van der Waals surface area contributed by atoms with E-state index in [1.54, 1.807) is 24.0 Å². The number of carbonyl (C=O) groups excluding carboxylic acids is 2. The minimum absolute atomic E-state index is 0.0369. The highest BCUT2D eigenvalue weighted by Crippen LogP contribution is 2.14. The van der Waals surface area contributed by atoms with Gasteiger partial charge in [-0.3, -0.25) is 9.59 Å². The van der Waals surface area contributed by atoms with Crippen molar-refractivity contribution in [3.05, 3.63) is 71.0 Å². The average Bonchev–Trinajstić information content (AvgIpc) is 2.68. The molecule has 2 amide bonds. The van der Waals surface area contributed by atoms with Crippen molar-refractivity contribution in [1.82, 2.24) is 10.2 Å². The summed E-state index contributed by atoms with van der Waals surface area (Å²) in [6.07, 6.45) is 1.02. The maximum Gasteiger partial charge on any atom is 0.242 e. The van der Waals surface area contributed by atoms with Crippen LogP contribution in [0.15, 0.2) is 48.5 Å². The SMILES string of the molecule is CCC(C)NC(=O)C(C)N(Cc1ccc(F)cc1)C(=O)Cc1ccc(C)cc1. The lowest BCUT2D eigenvalue weighted by molar-refractivity contribution is -0.140. The number of amides is 2. The van der Waals surface area contributed by atoms with E-state index in [0.717, 1.165) is 23.1 Å². The van der Waals surface area contributed by atoms with Gasteiger partial charge in [-0.1, -0.05) is 48.9 Å². The van der Waals surface area contributed by atoms with Crippen molar-refractivity contribution in [2.45, 2.75) is 59.2 Å². The van der Waals surface area contributed by atoms with Gasteiger partial charge in [0.25, 0.3) is 0 Å². The van der Waals surface area contributed by atoms with Crippen LogP contribution in [0.1, 0.15) is 43.9 Å². The van der Waals surface area contributed by atoms with Crippen LogP contribution in [0, 0.1) is 12.7 Å². The van der Waals surface area contributed by atoms with Crippen LogP contribution in [0.4, 0.5) is 4.39 Å². The standard InChI is InChI=1S/C23H29FN2O2/c1-5-17(3)25-23(28)18(4)26(15-20-10-12-21(24)13-11-20)22(27)14-19-8-6-16(2)7-9-19/h6-13,17-18H,5,14-15H2,1-4H3,(H,25,28). The first-order valence-corrected chi connectivity index (χ1v) is 9.70. The number of hydrogen-bond acceptors (Lipinski definition) is 2. The van der Waals surface area contributed by atoms with Crippen LogP contribution in [0.3, 0.4) is 0 Å². The van der Waals surface area contributed by atoms with Gasteiger partial charge in [-0.25, -0.2) is 4.39 Å². The third kappa shape index (κ3) is 6.19. The van der Waals surface area contributed by atoms with E-state index in [4.69, 9.17) is 0 Å². The Labute approximate surface area is 166 Å². The summed E-state index contributed by atoms with van der Waals surface area (Å²) < 4.78 is 13.2. The van der Waals surface area contributed by atoms with Crippen LogP contribution in [0.5, 0.6) is 0 Å².